The second-order valence-corrected chi connectivity index (χ2v) is 7.17. The molecule has 0 unspecified atom stereocenters. The van der Waals surface area contributed by atoms with E-state index in [0.29, 0.717) is 11.0 Å². The molecule has 120 valence electrons. The largest absolute Gasteiger partial charge is 0.478 e. The number of rotatable bonds is 3. The van der Waals surface area contributed by atoms with Crippen molar-refractivity contribution in [1.82, 2.24) is 9.55 Å². The molecule has 3 aromatic rings. The molecule has 0 amide bonds. The molecule has 7 heteroatoms. The Kier molecular flexibility index (Phi) is 3.62. The number of nitrogens with zero attached hydrogens (tertiary/aromatic N) is 2. The zero-order valence-electron chi connectivity index (χ0n) is 12.6. The third-order valence-electron chi connectivity index (χ3n) is 3.60. The van der Waals surface area contributed by atoms with E-state index in [-0.39, 0.29) is 21.7 Å². The van der Waals surface area contributed by atoms with Gasteiger partial charge in [0.2, 0.25) is 0 Å². The van der Waals surface area contributed by atoms with E-state index in [2.05, 4.69) is 10.9 Å². The molecule has 6 nitrogen and oxygen atoms in total. The fraction of sp³-hybridized carbons (Fsp3) is 0.0588. The number of benzene rings is 2. The lowest BCUT2D eigenvalue weighted by molar-refractivity contribution is 0.0696. The van der Waals surface area contributed by atoms with Crippen LogP contribution in [0.15, 0.2) is 47.6 Å². The molecule has 1 N–H and O–H groups in total. The second kappa shape index (κ2) is 5.51. The van der Waals surface area contributed by atoms with Crippen LogP contribution in [0.5, 0.6) is 0 Å². The van der Waals surface area contributed by atoms with Crippen LogP contribution < -0.4 is 0 Å². The number of fused-ring (bicyclic) bond motifs is 1. The van der Waals surface area contributed by atoms with Gasteiger partial charge in [-0.3, -0.25) is 4.57 Å². The van der Waals surface area contributed by atoms with Crippen LogP contribution in [0.4, 0.5) is 0 Å². The summed E-state index contributed by atoms with van der Waals surface area (Å²) in [7, 11) is -3.69. The number of aromatic nitrogens is 2. The van der Waals surface area contributed by atoms with Crippen molar-refractivity contribution in [2.75, 3.05) is 6.26 Å². The molecule has 1 aromatic heterocycles. The molecule has 1 heterocycles. The minimum Gasteiger partial charge on any atom is -0.478 e. The van der Waals surface area contributed by atoms with Gasteiger partial charge in [-0.15, -0.1) is 6.42 Å². The molecular formula is C17H12N2O4S. The number of carboxylic acid groups (broad SMARTS) is 1. The number of aromatic carboxylic acids is 1. The molecule has 0 aliphatic heterocycles. The van der Waals surface area contributed by atoms with Crippen LogP contribution in [0, 0.1) is 12.3 Å². The fourth-order valence-corrected chi connectivity index (χ4v) is 3.37. The third-order valence-corrected chi connectivity index (χ3v) is 4.72. The topological polar surface area (TPSA) is 89.3 Å². The Hall–Kier alpha value is -3.11. The van der Waals surface area contributed by atoms with Gasteiger partial charge < -0.3 is 5.11 Å². The maximum absolute atomic E-state index is 12.2. The first kappa shape index (κ1) is 15.8. The number of carbonyl (C=O) groups is 1. The van der Waals surface area contributed by atoms with Crippen LogP contribution in [0.1, 0.15) is 15.9 Å². The number of carboxylic acids is 1. The maximum Gasteiger partial charge on any atom is 0.337 e. The molecule has 24 heavy (non-hydrogen) atoms. The lowest BCUT2D eigenvalue weighted by Gasteiger charge is -2.13. The zero-order valence-corrected chi connectivity index (χ0v) is 13.4. The predicted molar refractivity (Wildman–Crippen MR) is 89.1 cm³/mol. The van der Waals surface area contributed by atoms with Gasteiger partial charge in [-0.25, -0.2) is 18.2 Å². The van der Waals surface area contributed by atoms with Crippen molar-refractivity contribution in [3.8, 4) is 18.0 Å². The normalized spacial score (nSPS) is 11.3. The SMILES string of the molecule is C#Cc1cc(-n2cnc3ccccc32)c(S(C)(=O)=O)cc1C(=O)O. The van der Waals surface area contributed by atoms with Crippen molar-refractivity contribution >= 4 is 26.8 Å². The highest BCUT2D eigenvalue weighted by Gasteiger charge is 2.22. The molecular weight excluding hydrogens is 328 g/mol. The van der Waals surface area contributed by atoms with Gasteiger partial charge in [0.1, 0.15) is 6.33 Å². The zero-order chi connectivity index (χ0) is 17.5. The first-order valence-corrected chi connectivity index (χ1v) is 8.72. The Morgan fingerprint density at radius 1 is 1.29 bits per heavy atom. The maximum atomic E-state index is 12.2. The quantitative estimate of drug-likeness (QED) is 0.738. The Morgan fingerprint density at radius 2 is 2.00 bits per heavy atom. The molecule has 0 radical (unpaired) electrons. The highest BCUT2D eigenvalue weighted by molar-refractivity contribution is 7.90. The van der Waals surface area contributed by atoms with Crippen molar-refractivity contribution in [3.63, 3.8) is 0 Å². The van der Waals surface area contributed by atoms with Gasteiger partial charge >= 0.3 is 5.97 Å². The Labute approximate surface area is 138 Å². The van der Waals surface area contributed by atoms with Crippen molar-refractivity contribution in [2.24, 2.45) is 0 Å². The minimum absolute atomic E-state index is 0.0997. The summed E-state index contributed by atoms with van der Waals surface area (Å²) in [6.07, 6.45) is 7.90. The molecule has 3 rings (SSSR count). The monoisotopic (exact) mass is 340 g/mol. The van der Waals surface area contributed by atoms with Gasteiger partial charge in [0.05, 0.1) is 27.2 Å². The molecule has 2 aromatic carbocycles. The summed E-state index contributed by atoms with van der Waals surface area (Å²) >= 11 is 0. The van der Waals surface area contributed by atoms with Crippen LogP contribution in [0.25, 0.3) is 16.7 Å². The fourth-order valence-electron chi connectivity index (χ4n) is 2.50. The van der Waals surface area contributed by atoms with Crippen LogP contribution in [0.2, 0.25) is 0 Å². The minimum atomic E-state index is -3.69. The van der Waals surface area contributed by atoms with Gasteiger partial charge in [-0.05, 0) is 24.3 Å². The number of para-hydroxylation sites is 2. The Balaban J connectivity index is 2.43. The van der Waals surface area contributed by atoms with Crippen molar-refractivity contribution in [2.45, 2.75) is 4.90 Å². The van der Waals surface area contributed by atoms with E-state index in [1.54, 1.807) is 22.8 Å². The Morgan fingerprint density at radius 3 is 2.62 bits per heavy atom. The molecule has 0 fully saturated rings. The van der Waals surface area contributed by atoms with Gasteiger partial charge in [-0.2, -0.15) is 0 Å². The van der Waals surface area contributed by atoms with Gasteiger partial charge in [-0.1, -0.05) is 18.1 Å². The van der Waals surface area contributed by atoms with Crippen molar-refractivity contribution < 1.29 is 18.3 Å². The number of hydrogen-bond donors (Lipinski definition) is 1. The summed E-state index contributed by atoms with van der Waals surface area (Å²) in [5.74, 6) is 1.01. The predicted octanol–water partition coefficient (Wildman–Crippen LogP) is 2.11. The number of imidazole rings is 1. The molecule has 0 saturated carbocycles. The average molecular weight is 340 g/mol. The molecule has 0 bridgehead atoms. The summed E-state index contributed by atoms with van der Waals surface area (Å²) in [5, 5.41) is 9.27. The highest BCUT2D eigenvalue weighted by Crippen LogP contribution is 2.27. The summed E-state index contributed by atoms with van der Waals surface area (Å²) in [6, 6.07) is 9.67. The lowest BCUT2D eigenvalue weighted by Crippen LogP contribution is -2.10. The van der Waals surface area contributed by atoms with Gasteiger partial charge in [0.15, 0.2) is 9.84 Å². The molecule has 0 spiro atoms. The summed E-state index contributed by atoms with van der Waals surface area (Å²) in [4.78, 5) is 15.5. The molecule has 0 saturated heterocycles. The van der Waals surface area contributed by atoms with Crippen molar-refractivity contribution in [3.05, 3.63) is 53.9 Å². The average Bonchev–Trinajstić information content (AvgIpc) is 2.96. The van der Waals surface area contributed by atoms with Crippen LogP contribution >= 0.6 is 0 Å². The number of hydrogen-bond acceptors (Lipinski definition) is 4. The first-order chi connectivity index (χ1) is 11.3. The summed E-state index contributed by atoms with van der Waals surface area (Å²) < 4.78 is 25.9. The van der Waals surface area contributed by atoms with E-state index in [4.69, 9.17) is 6.42 Å². The lowest BCUT2D eigenvalue weighted by atomic mass is 10.1. The van der Waals surface area contributed by atoms with E-state index >= 15 is 0 Å². The van der Waals surface area contributed by atoms with Gasteiger partial charge in [0.25, 0.3) is 0 Å². The summed E-state index contributed by atoms with van der Waals surface area (Å²) in [6.45, 7) is 0. The first-order valence-electron chi connectivity index (χ1n) is 6.83. The van der Waals surface area contributed by atoms with Gasteiger partial charge in [0, 0.05) is 11.8 Å². The highest BCUT2D eigenvalue weighted by atomic mass is 32.2. The van der Waals surface area contributed by atoms with E-state index in [1.807, 2.05) is 6.07 Å². The van der Waals surface area contributed by atoms with Crippen LogP contribution in [0.3, 0.4) is 0 Å². The third kappa shape index (κ3) is 2.53. The second-order valence-electron chi connectivity index (χ2n) is 5.19. The van der Waals surface area contributed by atoms with E-state index < -0.39 is 15.8 Å². The smallest absolute Gasteiger partial charge is 0.337 e. The Bertz CT molecular complexity index is 1120. The van der Waals surface area contributed by atoms with Crippen molar-refractivity contribution in [1.29, 1.82) is 0 Å². The number of sulfone groups is 1. The van der Waals surface area contributed by atoms with E-state index in [0.717, 1.165) is 12.3 Å². The molecule has 0 atom stereocenters. The molecule has 0 aliphatic rings. The van der Waals surface area contributed by atoms with Crippen LogP contribution in [-0.4, -0.2) is 35.3 Å². The summed E-state index contributed by atoms with van der Waals surface area (Å²) in [5.41, 5.74) is 1.51. The van der Waals surface area contributed by atoms with Crippen LogP contribution in [-0.2, 0) is 9.84 Å². The number of terminal acetylenes is 1. The molecule has 0 aliphatic carbocycles. The van der Waals surface area contributed by atoms with E-state index in [9.17, 15) is 18.3 Å². The van der Waals surface area contributed by atoms with E-state index in [1.165, 1.54) is 12.4 Å². The standard InChI is InChI=1S/C17H12N2O4S/c1-3-11-8-15(16(24(2,22)23)9-12(11)17(20)21)19-10-18-13-6-4-5-7-14(13)19/h1,4-10H,2H3,(H,20,21).